The molecule has 0 aliphatic heterocycles. The number of hydrogen-bond acceptors (Lipinski definition) is 8. The van der Waals surface area contributed by atoms with Crippen molar-refractivity contribution in [3.05, 3.63) is 118 Å². The summed E-state index contributed by atoms with van der Waals surface area (Å²) in [6, 6.07) is 17.2. The second-order valence-electron chi connectivity index (χ2n) is 11.0. The number of methoxy groups -OCH3 is 3. The Morgan fingerprint density at radius 2 is 1.78 bits per heavy atom. The molecule has 0 atom stereocenters. The molecule has 2 aliphatic rings. The van der Waals surface area contributed by atoms with E-state index in [0.29, 0.717) is 23.6 Å². The summed E-state index contributed by atoms with van der Waals surface area (Å²) in [7, 11) is 4.77. The van der Waals surface area contributed by atoms with E-state index in [4.69, 9.17) is 23.4 Å². The third-order valence-corrected chi connectivity index (χ3v) is 8.38. The zero-order valence-electron chi connectivity index (χ0n) is 25.9. The van der Waals surface area contributed by atoms with Crippen molar-refractivity contribution in [2.24, 2.45) is 0 Å². The summed E-state index contributed by atoms with van der Waals surface area (Å²) in [5, 5.41) is 3.68. The van der Waals surface area contributed by atoms with Crippen LogP contribution < -0.4 is 24.3 Å². The number of esters is 1. The first-order valence-electron chi connectivity index (χ1n) is 14.9. The van der Waals surface area contributed by atoms with Crippen molar-refractivity contribution in [1.82, 2.24) is 10.3 Å². The Morgan fingerprint density at radius 1 is 0.978 bits per heavy atom. The van der Waals surface area contributed by atoms with Crippen LogP contribution in [-0.2, 0) is 6.54 Å². The first-order chi connectivity index (χ1) is 22.0. The molecule has 4 aromatic rings. The van der Waals surface area contributed by atoms with Crippen LogP contribution in [0.3, 0.4) is 0 Å². The number of rotatable bonds is 11. The zero-order valence-corrected chi connectivity index (χ0v) is 25.9. The number of aromatic nitrogens is 1. The van der Waals surface area contributed by atoms with E-state index in [1.54, 1.807) is 45.9 Å². The van der Waals surface area contributed by atoms with Crippen molar-refractivity contribution in [3.63, 3.8) is 0 Å². The Kier molecular flexibility index (Phi) is 8.73. The van der Waals surface area contributed by atoms with Crippen LogP contribution >= 0.6 is 0 Å². The number of nitrogens with zero attached hydrogens (tertiary/aromatic N) is 1. The highest BCUT2D eigenvalue weighted by molar-refractivity contribution is 6.06. The Morgan fingerprint density at radius 3 is 2.40 bits per heavy atom. The lowest BCUT2D eigenvalue weighted by Gasteiger charge is -2.24. The van der Waals surface area contributed by atoms with Gasteiger partial charge in [0.25, 0.3) is 0 Å². The second-order valence-corrected chi connectivity index (χ2v) is 11.0. The fourth-order valence-corrected chi connectivity index (χ4v) is 5.75. The molecule has 2 aromatic heterocycles. The van der Waals surface area contributed by atoms with Crippen molar-refractivity contribution in [2.75, 3.05) is 21.3 Å². The summed E-state index contributed by atoms with van der Waals surface area (Å²) in [5.41, 5.74) is 9.69. The highest BCUT2D eigenvalue weighted by atomic mass is 16.6. The first-order valence-corrected chi connectivity index (χ1v) is 14.9. The van der Waals surface area contributed by atoms with E-state index in [9.17, 15) is 4.79 Å². The molecule has 45 heavy (non-hydrogen) atoms. The molecule has 6 rings (SSSR count). The van der Waals surface area contributed by atoms with Gasteiger partial charge >= 0.3 is 5.97 Å². The number of carbonyl (C=O) groups is 1. The predicted octanol–water partition coefficient (Wildman–Crippen LogP) is 7.87. The molecule has 230 valence electrons. The van der Waals surface area contributed by atoms with Crippen LogP contribution in [0.4, 0.5) is 0 Å². The molecule has 8 heteroatoms. The standard InChI is InChI=1S/C37H36N2O6/c1-23-30(16-24-17-34(42-3)36(35(18-24)43-4)45-37(40)26-10-6-14-38-21-26)29-13-12-27(41-2)19-32(29)31(23)20-33(25-8-5-9-25)39-22-28-11-7-15-44-28/h6-7,10-19,21,39H,5,8-9,20,22H2,1-4H3/b30-16-. The average Bonchev–Trinajstić information content (AvgIpc) is 3.66. The van der Waals surface area contributed by atoms with E-state index in [2.05, 4.69) is 35.4 Å². The largest absolute Gasteiger partial charge is 0.497 e. The molecule has 0 radical (unpaired) electrons. The van der Waals surface area contributed by atoms with E-state index in [-0.39, 0.29) is 5.75 Å². The van der Waals surface area contributed by atoms with Crippen molar-refractivity contribution < 1.29 is 28.2 Å². The minimum Gasteiger partial charge on any atom is -0.497 e. The Balaban J connectivity index is 1.37. The molecule has 1 fully saturated rings. The lowest BCUT2D eigenvalue weighted by molar-refractivity contribution is 0.0724. The summed E-state index contributed by atoms with van der Waals surface area (Å²) in [5.74, 6) is 2.14. The van der Waals surface area contributed by atoms with E-state index < -0.39 is 5.97 Å². The van der Waals surface area contributed by atoms with Crippen LogP contribution in [0.1, 0.15) is 65.4 Å². The summed E-state index contributed by atoms with van der Waals surface area (Å²) >= 11 is 0. The molecule has 0 unspecified atom stereocenters. The van der Waals surface area contributed by atoms with Gasteiger partial charge in [-0.2, -0.15) is 0 Å². The molecule has 1 N–H and O–H groups in total. The van der Waals surface area contributed by atoms with Crippen LogP contribution in [-0.4, -0.2) is 32.3 Å². The molecule has 2 heterocycles. The monoisotopic (exact) mass is 604 g/mol. The third kappa shape index (κ3) is 6.22. The maximum Gasteiger partial charge on any atom is 0.345 e. The van der Waals surface area contributed by atoms with Gasteiger partial charge in [0, 0.05) is 24.5 Å². The number of fused-ring (bicyclic) bond motifs is 1. The molecule has 0 amide bonds. The van der Waals surface area contributed by atoms with E-state index in [1.165, 1.54) is 35.0 Å². The molecule has 8 nitrogen and oxygen atoms in total. The molecule has 2 aromatic carbocycles. The molecule has 1 saturated carbocycles. The fourth-order valence-electron chi connectivity index (χ4n) is 5.75. The summed E-state index contributed by atoms with van der Waals surface area (Å²) < 4.78 is 28.3. The second kappa shape index (κ2) is 13.2. The van der Waals surface area contributed by atoms with Gasteiger partial charge in [0.2, 0.25) is 5.75 Å². The maximum absolute atomic E-state index is 12.8. The maximum atomic E-state index is 12.8. The van der Waals surface area contributed by atoms with Gasteiger partial charge in [-0.15, -0.1) is 0 Å². The van der Waals surface area contributed by atoms with Crippen LogP contribution in [0.15, 0.2) is 94.5 Å². The van der Waals surface area contributed by atoms with E-state index in [0.717, 1.165) is 53.0 Å². The number of ether oxygens (including phenoxy) is 4. The van der Waals surface area contributed by atoms with Crippen LogP contribution in [0.25, 0.3) is 17.2 Å². The summed E-state index contributed by atoms with van der Waals surface area (Å²) in [4.78, 5) is 16.9. The Labute approximate surface area is 263 Å². The van der Waals surface area contributed by atoms with E-state index >= 15 is 0 Å². The first kappa shape index (κ1) is 29.8. The highest BCUT2D eigenvalue weighted by Crippen LogP contribution is 2.48. The van der Waals surface area contributed by atoms with Gasteiger partial charge in [-0.25, -0.2) is 4.79 Å². The smallest absolute Gasteiger partial charge is 0.345 e. The van der Waals surface area contributed by atoms with Gasteiger partial charge in [-0.05, 0) is 114 Å². The van der Waals surface area contributed by atoms with Gasteiger partial charge in [-0.3, -0.25) is 4.98 Å². The predicted molar refractivity (Wildman–Crippen MR) is 173 cm³/mol. The number of benzene rings is 2. The van der Waals surface area contributed by atoms with Gasteiger partial charge in [-0.1, -0.05) is 11.6 Å². The fraction of sp³-hybridized carbons (Fsp3) is 0.243. The number of allylic oxidation sites excluding steroid dienone is 4. The third-order valence-electron chi connectivity index (χ3n) is 8.38. The highest BCUT2D eigenvalue weighted by Gasteiger charge is 2.27. The molecule has 0 bridgehead atoms. The minimum absolute atomic E-state index is 0.208. The normalized spacial score (nSPS) is 14.6. The van der Waals surface area contributed by atoms with Crippen LogP contribution in [0.2, 0.25) is 0 Å². The number of pyridine rings is 1. The van der Waals surface area contributed by atoms with Crippen LogP contribution in [0, 0.1) is 0 Å². The van der Waals surface area contributed by atoms with Crippen molar-refractivity contribution in [2.45, 2.75) is 39.2 Å². The number of hydrogen-bond donors (Lipinski definition) is 1. The van der Waals surface area contributed by atoms with Gasteiger partial charge in [0.1, 0.15) is 11.5 Å². The SMILES string of the molecule is COc1ccc2c(c1)C(CC(NCc1ccco1)=C1CCC1)=C(C)/C2=C/c1cc(OC)c(OC(=O)c2cccnc2)c(OC)c1. The number of nitrogens with one attached hydrogen (secondary N) is 1. The van der Waals surface area contributed by atoms with Gasteiger partial charge < -0.3 is 28.7 Å². The lowest BCUT2D eigenvalue weighted by Crippen LogP contribution is -2.18. The minimum atomic E-state index is -0.551. The quantitative estimate of drug-likeness (QED) is 0.137. The van der Waals surface area contributed by atoms with Crippen molar-refractivity contribution in [3.8, 4) is 23.0 Å². The average molecular weight is 605 g/mol. The topological polar surface area (TPSA) is 92.1 Å². The van der Waals surface area contributed by atoms with Gasteiger partial charge in [0.05, 0.1) is 39.7 Å². The summed E-state index contributed by atoms with van der Waals surface area (Å²) in [6.07, 6.45) is 11.1. The Hall–Kier alpha value is -5.24. The Bertz CT molecular complexity index is 1770. The lowest BCUT2D eigenvalue weighted by atomic mass is 9.87. The van der Waals surface area contributed by atoms with Crippen molar-refractivity contribution >= 4 is 23.2 Å². The molecule has 0 saturated heterocycles. The van der Waals surface area contributed by atoms with Crippen LogP contribution in [0.5, 0.6) is 23.0 Å². The van der Waals surface area contributed by atoms with Crippen molar-refractivity contribution in [1.29, 1.82) is 0 Å². The zero-order chi connectivity index (χ0) is 31.3. The molecular formula is C37H36N2O6. The van der Waals surface area contributed by atoms with E-state index in [1.807, 2.05) is 30.3 Å². The van der Waals surface area contributed by atoms with Gasteiger partial charge in [0.15, 0.2) is 11.5 Å². The number of furan rings is 1. The summed E-state index contributed by atoms with van der Waals surface area (Å²) in [6.45, 7) is 2.81. The number of carbonyl (C=O) groups excluding carboxylic acids is 1. The molecular weight excluding hydrogens is 568 g/mol. The molecule has 0 spiro atoms. The molecule has 2 aliphatic carbocycles.